The Hall–Kier alpha value is -0.200. The fourth-order valence-electron chi connectivity index (χ4n) is 1.64. The Morgan fingerprint density at radius 2 is 2.47 bits per heavy atom. The summed E-state index contributed by atoms with van der Waals surface area (Å²) in [6.07, 6.45) is 1.69. The molecule has 0 aliphatic carbocycles. The first-order valence-electron chi connectivity index (χ1n) is 4.83. The zero-order chi connectivity index (χ0) is 9.80. The maximum Gasteiger partial charge on any atom is 0.0794 e. The van der Waals surface area contributed by atoms with Gasteiger partial charge in [0.05, 0.1) is 11.6 Å². The molecule has 2 heterocycles. The highest BCUT2D eigenvalue weighted by atomic mass is 35.5. The number of aromatic nitrogens is 1. The van der Waals surface area contributed by atoms with Crippen LogP contribution in [0, 0.1) is 5.92 Å². The van der Waals surface area contributed by atoms with Gasteiger partial charge in [-0.15, -0.1) is 23.7 Å². The number of aliphatic hydroxyl groups excluding tert-OH is 1. The Balaban J connectivity index is 0.00000112. The van der Waals surface area contributed by atoms with Crippen molar-refractivity contribution in [1.29, 1.82) is 0 Å². The van der Waals surface area contributed by atoms with E-state index in [1.165, 1.54) is 4.88 Å². The van der Waals surface area contributed by atoms with Gasteiger partial charge in [0.25, 0.3) is 0 Å². The molecule has 4 nitrogen and oxygen atoms in total. The predicted molar refractivity (Wildman–Crippen MR) is 63.4 cm³/mol. The van der Waals surface area contributed by atoms with Crippen molar-refractivity contribution in [1.82, 2.24) is 15.6 Å². The number of nitrogens with zero attached hydrogens (tertiary/aromatic N) is 1. The summed E-state index contributed by atoms with van der Waals surface area (Å²) in [6.45, 7) is 3.36. The van der Waals surface area contributed by atoms with Gasteiger partial charge in [-0.05, 0) is 0 Å². The van der Waals surface area contributed by atoms with E-state index < -0.39 is 0 Å². The highest BCUT2D eigenvalue weighted by Crippen LogP contribution is 2.08. The number of nitrogens with one attached hydrogen (secondary N) is 2. The third-order valence-corrected chi connectivity index (χ3v) is 3.27. The van der Waals surface area contributed by atoms with Gasteiger partial charge in [0.1, 0.15) is 0 Å². The Kier molecular flexibility index (Phi) is 5.49. The number of halogens is 1. The molecule has 0 radical (unpaired) electrons. The van der Waals surface area contributed by atoms with Gasteiger partial charge in [-0.1, -0.05) is 0 Å². The van der Waals surface area contributed by atoms with E-state index >= 15 is 0 Å². The number of aliphatic hydroxyl groups is 1. The average molecular weight is 250 g/mol. The van der Waals surface area contributed by atoms with Crippen LogP contribution in [0.2, 0.25) is 0 Å². The van der Waals surface area contributed by atoms with Crippen LogP contribution in [0.4, 0.5) is 0 Å². The molecule has 6 heteroatoms. The molecule has 86 valence electrons. The van der Waals surface area contributed by atoms with E-state index in [2.05, 4.69) is 15.6 Å². The van der Waals surface area contributed by atoms with Crippen LogP contribution < -0.4 is 10.6 Å². The van der Waals surface area contributed by atoms with Crippen molar-refractivity contribution in [2.45, 2.75) is 12.6 Å². The molecule has 1 fully saturated rings. The number of rotatable bonds is 4. The summed E-state index contributed by atoms with van der Waals surface area (Å²) >= 11 is 1.65. The van der Waals surface area contributed by atoms with Gasteiger partial charge >= 0.3 is 0 Å². The van der Waals surface area contributed by atoms with E-state index in [4.69, 9.17) is 0 Å². The predicted octanol–water partition coefficient (Wildman–Crippen LogP) is 0.235. The molecule has 0 saturated carbocycles. The zero-order valence-electron chi connectivity index (χ0n) is 8.35. The SMILES string of the molecule is Cl.OC1CNCC1CNCc1cncs1. The standard InChI is InChI=1S/C9H15N3OS.ClH/c13-9-5-11-2-7(9)1-10-3-8-4-12-6-14-8;/h4,6-7,9-11,13H,1-3,5H2;1H. The summed E-state index contributed by atoms with van der Waals surface area (Å²) in [4.78, 5) is 5.25. The van der Waals surface area contributed by atoms with E-state index in [-0.39, 0.29) is 18.5 Å². The second kappa shape index (κ2) is 6.40. The molecule has 1 aliphatic rings. The zero-order valence-corrected chi connectivity index (χ0v) is 9.98. The van der Waals surface area contributed by atoms with Gasteiger partial charge in [0.2, 0.25) is 0 Å². The largest absolute Gasteiger partial charge is 0.391 e. The molecule has 2 atom stereocenters. The summed E-state index contributed by atoms with van der Waals surface area (Å²) in [5.41, 5.74) is 1.84. The van der Waals surface area contributed by atoms with Gasteiger partial charge in [-0.3, -0.25) is 4.98 Å². The van der Waals surface area contributed by atoms with Crippen LogP contribution in [0.15, 0.2) is 11.7 Å². The summed E-state index contributed by atoms with van der Waals surface area (Å²) in [5, 5.41) is 16.0. The first-order valence-corrected chi connectivity index (χ1v) is 5.71. The minimum absolute atomic E-state index is 0. The third-order valence-electron chi connectivity index (χ3n) is 2.49. The van der Waals surface area contributed by atoms with Crippen LogP contribution >= 0.6 is 23.7 Å². The molecule has 0 spiro atoms. The maximum atomic E-state index is 9.53. The van der Waals surface area contributed by atoms with Crippen molar-refractivity contribution >= 4 is 23.7 Å². The van der Waals surface area contributed by atoms with Crippen molar-refractivity contribution in [3.8, 4) is 0 Å². The fraction of sp³-hybridized carbons (Fsp3) is 0.667. The van der Waals surface area contributed by atoms with E-state index in [1.807, 2.05) is 11.7 Å². The number of thiazole rings is 1. The minimum Gasteiger partial charge on any atom is -0.391 e. The molecule has 15 heavy (non-hydrogen) atoms. The van der Waals surface area contributed by atoms with Crippen molar-refractivity contribution in [2.24, 2.45) is 5.92 Å². The molecule has 1 saturated heterocycles. The van der Waals surface area contributed by atoms with E-state index in [1.54, 1.807) is 11.3 Å². The van der Waals surface area contributed by atoms with Crippen LogP contribution in [0.5, 0.6) is 0 Å². The van der Waals surface area contributed by atoms with Gasteiger partial charge < -0.3 is 15.7 Å². The second-order valence-electron chi connectivity index (χ2n) is 3.58. The van der Waals surface area contributed by atoms with Crippen LogP contribution in [0.1, 0.15) is 4.88 Å². The van der Waals surface area contributed by atoms with Gasteiger partial charge in [0.15, 0.2) is 0 Å². The summed E-state index contributed by atoms with van der Waals surface area (Å²) in [5.74, 6) is 0.350. The molecule has 1 aromatic rings. The molecule has 0 amide bonds. The molecule has 0 aromatic carbocycles. The third kappa shape index (κ3) is 3.70. The lowest BCUT2D eigenvalue weighted by Gasteiger charge is -2.13. The minimum atomic E-state index is -0.191. The Morgan fingerprint density at radius 1 is 1.60 bits per heavy atom. The molecule has 3 N–H and O–H groups in total. The average Bonchev–Trinajstić information content (AvgIpc) is 2.78. The number of β-amino-alcohol motifs (C(OH)–C–C–N with tert-alkyl or cyclic N) is 1. The lowest BCUT2D eigenvalue weighted by Crippen LogP contribution is -2.29. The first kappa shape index (κ1) is 12.9. The van der Waals surface area contributed by atoms with Gasteiger partial charge in [-0.25, -0.2) is 0 Å². The van der Waals surface area contributed by atoms with E-state index in [0.717, 1.165) is 26.2 Å². The molecular weight excluding hydrogens is 234 g/mol. The molecule has 2 rings (SSSR count). The molecule has 1 aromatic heterocycles. The summed E-state index contributed by atoms with van der Waals surface area (Å²) in [7, 11) is 0. The second-order valence-corrected chi connectivity index (χ2v) is 4.56. The normalized spacial score (nSPS) is 25.1. The van der Waals surface area contributed by atoms with Crippen LogP contribution in [-0.2, 0) is 6.54 Å². The molecule has 0 bridgehead atoms. The summed E-state index contributed by atoms with van der Waals surface area (Å²) < 4.78 is 0. The Morgan fingerprint density at radius 3 is 3.07 bits per heavy atom. The topological polar surface area (TPSA) is 57.2 Å². The lowest BCUT2D eigenvalue weighted by atomic mass is 10.1. The fourth-order valence-corrected chi connectivity index (χ4v) is 2.20. The van der Waals surface area contributed by atoms with Gasteiger partial charge in [-0.2, -0.15) is 0 Å². The monoisotopic (exact) mass is 249 g/mol. The van der Waals surface area contributed by atoms with Crippen LogP contribution in [-0.4, -0.2) is 35.8 Å². The Labute approximate surface area is 99.5 Å². The molecule has 2 unspecified atom stereocenters. The quantitative estimate of drug-likeness (QED) is 0.716. The summed E-state index contributed by atoms with van der Waals surface area (Å²) in [6, 6.07) is 0. The number of hydrogen-bond acceptors (Lipinski definition) is 5. The van der Waals surface area contributed by atoms with E-state index in [0.29, 0.717) is 5.92 Å². The van der Waals surface area contributed by atoms with Crippen LogP contribution in [0.3, 0.4) is 0 Å². The first-order chi connectivity index (χ1) is 6.86. The van der Waals surface area contributed by atoms with E-state index in [9.17, 15) is 5.11 Å². The van der Waals surface area contributed by atoms with Crippen molar-refractivity contribution in [3.05, 3.63) is 16.6 Å². The van der Waals surface area contributed by atoms with Crippen LogP contribution in [0.25, 0.3) is 0 Å². The molecular formula is C9H16ClN3OS. The Bertz CT molecular complexity index is 270. The highest BCUT2D eigenvalue weighted by molar-refractivity contribution is 7.09. The number of hydrogen-bond donors (Lipinski definition) is 3. The lowest BCUT2D eigenvalue weighted by molar-refractivity contribution is 0.146. The smallest absolute Gasteiger partial charge is 0.0794 e. The molecule has 1 aliphatic heterocycles. The maximum absolute atomic E-state index is 9.53. The van der Waals surface area contributed by atoms with Crippen molar-refractivity contribution in [2.75, 3.05) is 19.6 Å². The van der Waals surface area contributed by atoms with Crippen molar-refractivity contribution < 1.29 is 5.11 Å². The van der Waals surface area contributed by atoms with Gasteiger partial charge in [0, 0.05) is 43.2 Å². The van der Waals surface area contributed by atoms with Crippen molar-refractivity contribution in [3.63, 3.8) is 0 Å². The highest BCUT2D eigenvalue weighted by Gasteiger charge is 2.23.